The van der Waals surface area contributed by atoms with Crippen LogP contribution in [0.4, 0.5) is 5.69 Å². The third kappa shape index (κ3) is 1.66. The van der Waals surface area contributed by atoms with E-state index in [-0.39, 0.29) is 0 Å². The van der Waals surface area contributed by atoms with E-state index < -0.39 is 0 Å². The van der Waals surface area contributed by atoms with Crippen LogP contribution in [0.5, 0.6) is 0 Å². The molecule has 3 rings (SSSR count). The second-order valence-corrected chi connectivity index (χ2v) is 4.68. The Morgan fingerprint density at radius 2 is 2.33 bits per heavy atom. The number of anilines is 1. The van der Waals surface area contributed by atoms with Crippen molar-refractivity contribution in [3.05, 3.63) is 18.0 Å². The maximum absolute atomic E-state index is 11.1. The molecule has 2 aromatic heterocycles. The Hall–Kier alpha value is -1.91. The molecule has 1 saturated carbocycles. The number of fused-ring (bicyclic) bond motifs is 1. The van der Waals surface area contributed by atoms with Crippen LogP contribution in [0.2, 0.25) is 0 Å². The first-order valence-electron chi connectivity index (χ1n) is 6.39. The Balaban J connectivity index is 2.11. The number of aryl methyl sites for hydroxylation is 1. The third-order valence-corrected chi connectivity index (χ3v) is 3.58. The van der Waals surface area contributed by atoms with E-state index in [1.54, 1.807) is 12.4 Å². The molecule has 94 valence electrons. The third-order valence-electron chi connectivity index (χ3n) is 3.58. The van der Waals surface area contributed by atoms with Crippen LogP contribution in [0.1, 0.15) is 36.5 Å². The molecule has 0 unspecified atom stereocenters. The molecule has 0 radical (unpaired) electrons. The second-order valence-electron chi connectivity index (χ2n) is 4.68. The summed E-state index contributed by atoms with van der Waals surface area (Å²) >= 11 is 0. The van der Waals surface area contributed by atoms with Gasteiger partial charge in [-0.25, -0.2) is 9.67 Å². The van der Waals surface area contributed by atoms with Gasteiger partial charge in [-0.15, -0.1) is 0 Å². The highest BCUT2D eigenvalue weighted by Crippen LogP contribution is 2.29. The summed E-state index contributed by atoms with van der Waals surface area (Å²) in [6.07, 6.45) is 7.88. The van der Waals surface area contributed by atoms with Gasteiger partial charge in [0.25, 0.3) is 0 Å². The molecule has 1 aliphatic carbocycles. The van der Waals surface area contributed by atoms with Crippen molar-refractivity contribution in [1.29, 1.82) is 0 Å². The van der Waals surface area contributed by atoms with Gasteiger partial charge in [0.2, 0.25) is 0 Å². The zero-order valence-corrected chi connectivity index (χ0v) is 10.4. The summed E-state index contributed by atoms with van der Waals surface area (Å²) in [6, 6.07) is 0.485. The van der Waals surface area contributed by atoms with Crippen molar-refractivity contribution < 1.29 is 4.79 Å². The van der Waals surface area contributed by atoms with Gasteiger partial charge >= 0.3 is 0 Å². The van der Waals surface area contributed by atoms with Gasteiger partial charge in [-0.2, -0.15) is 5.10 Å². The lowest BCUT2D eigenvalue weighted by Crippen LogP contribution is -2.27. The normalized spacial score (nSPS) is 15.6. The molecule has 0 bridgehead atoms. The standard InChI is InChI=1S/C13H16N4O/c1-2-17-13-11(7-15-17)12(9(8-18)6-14-13)16-10-4-3-5-10/h6-8,10H,2-5H2,1H3,(H,14,16). The van der Waals surface area contributed by atoms with E-state index in [2.05, 4.69) is 15.4 Å². The van der Waals surface area contributed by atoms with E-state index in [1.807, 2.05) is 11.6 Å². The van der Waals surface area contributed by atoms with Crippen molar-refractivity contribution >= 4 is 23.0 Å². The molecule has 1 N–H and O–H groups in total. The van der Waals surface area contributed by atoms with E-state index >= 15 is 0 Å². The molecule has 0 saturated heterocycles. The van der Waals surface area contributed by atoms with E-state index in [4.69, 9.17) is 0 Å². The molecule has 2 aromatic rings. The zero-order chi connectivity index (χ0) is 12.5. The van der Waals surface area contributed by atoms with Crippen molar-refractivity contribution in [2.45, 2.75) is 38.8 Å². The van der Waals surface area contributed by atoms with E-state index in [0.717, 1.165) is 29.6 Å². The fraction of sp³-hybridized carbons (Fsp3) is 0.462. The molecular weight excluding hydrogens is 228 g/mol. The van der Waals surface area contributed by atoms with Gasteiger partial charge < -0.3 is 5.32 Å². The summed E-state index contributed by atoms with van der Waals surface area (Å²) in [5.41, 5.74) is 2.34. The van der Waals surface area contributed by atoms with Gasteiger partial charge in [-0.1, -0.05) is 0 Å². The smallest absolute Gasteiger partial charge is 0.159 e. The molecule has 5 heteroatoms. The Bertz CT molecular complexity index is 586. The van der Waals surface area contributed by atoms with Gasteiger partial charge in [0.1, 0.15) is 0 Å². The Morgan fingerprint density at radius 3 is 2.94 bits per heavy atom. The Kier molecular flexibility index (Phi) is 2.74. The minimum atomic E-state index is 0.485. The van der Waals surface area contributed by atoms with Gasteiger partial charge in [0.05, 0.1) is 22.8 Å². The van der Waals surface area contributed by atoms with Gasteiger partial charge in [-0.05, 0) is 26.2 Å². The monoisotopic (exact) mass is 244 g/mol. The summed E-state index contributed by atoms with van der Waals surface area (Å²) in [7, 11) is 0. The first-order valence-corrected chi connectivity index (χ1v) is 6.39. The quantitative estimate of drug-likeness (QED) is 0.838. The highest BCUT2D eigenvalue weighted by molar-refractivity contribution is 5.98. The molecule has 5 nitrogen and oxygen atoms in total. The van der Waals surface area contributed by atoms with Crippen LogP contribution in [-0.2, 0) is 6.54 Å². The van der Waals surface area contributed by atoms with Crippen molar-refractivity contribution in [2.75, 3.05) is 5.32 Å². The summed E-state index contributed by atoms with van der Waals surface area (Å²) in [5, 5.41) is 8.69. The van der Waals surface area contributed by atoms with Crippen LogP contribution < -0.4 is 5.32 Å². The van der Waals surface area contributed by atoms with E-state index in [0.29, 0.717) is 11.6 Å². The topological polar surface area (TPSA) is 59.8 Å². The van der Waals surface area contributed by atoms with Gasteiger partial charge in [-0.3, -0.25) is 4.79 Å². The lowest BCUT2D eigenvalue weighted by Gasteiger charge is -2.28. The number of pyridine rings is 1. The predicted octanol–water partition coefficient (Wildman–Crippen LogP) is 2.23. The summed E-state index contributed by atoms with van der Waals surface area (Å²) in [5.74, 6) is 0. The van der Waals surface area contributed by atoms with Crippen molar-refractivity contribution in [1.82, 2.24) is 14.8 Å². The molecule has 0 aliphatic heterocycles. The lowest BCUT2D eigenvalue weighted by molar-refractivity contribution is 0.112. The highest BCUT2D eigenvalue weighted by atomic mass is 16.1. The summed E-state index contributed by atoms with van der Waals surface area (Å²) in [6.45, 7) is 2.81. The number of nitrogens with one attached hydrogen (secondary N) is 1. The number of carbonyl (C=O) groups is 1. The maximum atomic E-state index is 11.1. The van der Waals surface area contributed by atoms with Gasteiger partial charge in [0.15, 0.2) is 11.9 Å². The molecule has 18 heavy (non-hydrogen) atoms. The summed E-state index contributed by atoms with van der Waals surface area (Å²) in [4.78, 5) is 15.5. The SMILES string of the molecule is CCn1ncc2c(NC3CCC3)c(C=O)cnc21. The van der Waals surface area contributed by atoms with E-state index in [9.17, 15) is 4.79 Å². The van der Waals surface area contributed by atoms with Crippen LogP contribution in [0.15, 0.2) is 12.4 Å². The average molecular weight is 244 g/mol. The maximum Gasteiger partial charge on any atom is 0.159 e. The van der Waals surface area contributed by atoms with E-state index in [1.165, 1.54) is 19.3 Å². The van der Waals surface area contributed by atoms with Crippen LogP contribution >= 0.6 is 0 Å². The number of aldehydes is 1. The summed E-state index contributed by atoms with van der Waals surface area (Å²) < 4.78 is 1.84. The predicted molar refractivity (Wildman–Crippen MR) is 69.9 cm³/mol. The molecule has 2 heterocycles. The number of aromatic nitrogens is 3. The lowest BCUT2D eigenvalue weighted by atomic mass is 9.92. The van der Waals surface area contributed by atoms with Gasteiger partial charge in [0, 0.05) is 18.8 Å². The number of carbonyl (C=O) groups excluding carboxylic acids is 1. The number of hydrogen-bond donors (Lipinski definition) is 1. The van der Waals surface area contributed by atoms with Crippen LogP contribution in [0.3, 0.4) is 0 Å². The van der Waals surface area contributed by atoms with Crippen LogP contribution in [0, 0.1) is 0 Å². The molecule has 1 fully saturated rings. The molecule has 1 aliphatic rings. The van der Waals surface area contributed by atoms with Crippen LogP contribution in [0.25, 0.3) is 11.0 Å². The number of nitrogens with zero attached hydrogens (tertiary/aromatic N) is 3. The van der Waals surface area contributed by atoms with Crippen molar-refractivity contribution in [2.24, 2.45) is 0 Å². The first kappa shape index (κ1) is 11.2. The fourth-order valence-electron chi connectivity index (χ4n) is 2.28. The molecular formula is C13H16N4O. The van der Waals surface area contributed by atoms with Crippen molar-refractivity contribution in [3.8, 4) is 0 Å². The highest BCUT2D eigenvalue weighted by Gasteiger charge is 2.20. The molecule has 0 amide bonds. The fourth-order valence-corrected chi connectivity index (χ4v) is 2.28. The minimum absolute atomic E-state index is 0.485. The second kappa shape index (κ2) is 4.40. The zero-order valence-electron chi connectivity index (χ0n) is 10.4. The first-order chi connectivity index (χ1) is 8.83. The average Bonchev–Trinajstić information content (AvgIpc) is 2.76. The van der Waals surface area contributed by atoms with Crippen LogP contribution in [-0.4, -0.2) is 27.1 Å². The Morgan fingerprint density at radius 1 is 1.50 bits per heavy atom. The molecule has 0 aromatic carbocycles. The number of rotatable bonds is 4. The molecule has 0 spiro atoms. The molecule has 0 atom stereocenters. The minimum Gasteiger partial charge on any atom is -0.381 e. The Labute approximate surface area is 105 Å². The van der Waals surface area contributed by atoms with Crippen molar-refractivity contribution in [3.63, 3.8) is 0 Å². The largest absolute Gasteiger partial charge is 0.381 e. The number of hydrogen-bond acceptors (Lipinski definition) is 4.